The quantitative estimate of drug-likeness (QED) is 0.365. The van der Waals surface area contributed by atoms with Crippen molar-refractivity contribution in [2.45, 2.75) is 25.8 Å². The van der Waals surface area contributed by atoms with Crippen molar-refractivity contribution in [1.29, 1.82) is 0 Å². The first-order chi connectivity index (χ1) is 12.2. The Hall–Kier alpha value is -1.66. The van der Waals surface area contributed by atoms with Crippen LogP contribution in [0.3, 0.4) is 0 Å². The van der Waals surface area contributed by atoms with Crippen LogP contribution >= 0.6 is 0 Å². The third-order valence-electron chi connectivity index (χ3n) is 4.18. The highest BCUT2D eigenvalue weighted by molar-refractivity contribution is 5.79. The van der Waals surface area contributed by atoms with Crippen LogP contribution in [0.4, 0.5) is 4.39 Å². The summed E-state index contributed by atoms with van der Waals surface area (Å²) >= 11 is 0. The first kappa shape index (κ1) is 19.7. The molecule has 1 aromatic carbocycles. The Morgan fingerprint density at radius 2 is 1.96 bits per heavy atom. The second-order valence-corrected chi connectivity index (χ2v) is 6.66. The molecule has 6 heteroatoms. The van der Waals surface area contributed by atoms with E-state index in [9.17, 15) is 4.39 Å². The molecule has 0 amide bonds. The zero-order valence-electron chi connectivity index (χ0n) is 15.4. The number of rotatable bonds is 11. The fourth-order valence-corrected chi connectivity index (χ4v) is 2.48. The number of halogens is 1. The van der Waals surface area contributed by atoms with E-state index in [1.165, 1.54) is 25.0 Å². The monoisotopic (exact) mass is 350 g/mol. The number of likely N-dealkylation sites (N-methyl/N-ethyl adjacent to an activating group) is 1. The number of hydrogen-bond acceptors (Lipinski definition) is 3. The third kappa shape index (κ3) is 8.84. The van der Waals surface area contributed by atoms with Crippen molar-refractivity contribution >= 4 is 5.96 Å². The van der Waals surface area contributed by atoms with Crippen molar-refractivity contribution < 1.29 is 9.13 Å². The Labute approximate surface area is 150 Å². The number of benzene rings is 1. The number of nitrogens with one attached hydrogen (secondary N) is 2. The summed E-state index contributed by atoms with van der Waals surface area (Å²) in [4.78, 5) is 6.42. The molecular weight excluding hydrogens is 319 g/mol. The van der Waals surface area contributed by atoms with E-state index in [2.05, 4.69) is 27.6 Å². The minimum absolute atomic E-state index is 0.194. The van der Waals surface area contributed by atoms with Gasteiger partial charge in [-0.15, -0.1) is 0 Å². The standard InChI is InChI=1S/C19H31FN4O/c1-21-19(22-10-3-13-25-15-17-4-5-17)23-11-12-24(2)14-16-6-8-18(20)9-7-16/h6-9,17H,3-5,10-15H2,1-2H3,(H2,21,22,23). The summed E-state index contributed by atoms with van der Waals surface area (Å²) < 4.78 is 18.5. The van der Waals surface area contributed by atoms with Gasteiger partial charge in [-0.3, -0.25) is 4.99 Å². The van der Waals surface area contributed by atoms with Gasteiger partial charge < -0.3 is 20.3 Å². The van der Waals surface area contributed by atoms with Crippen LogP contribution in [-0.2, 0) is 11.3 Å². The lowest BCUT2D eigenvalue weighted by Gasteiger charge is -2.18. The Morgan fingerprint density at radius 1 is 1.24 bits per heavy atom. The predicted molar refractivity (Wildman–Crippen MR) is 100 cm³/mol. The van der Waals surface area contributed by atoms with Crippen LogP contribution in [0, 0.1) is 11.7 Å². The zero-order valence-corrected chi connectivity index (χ0v) is 15.4. The van der Waals surface area contributed by atoms with Crippen LogP contribution in [0.1, 0.15) is 24.8 Å². The molecule has 5 nitrogen and oxygen atoms in total. The molecule has 140 valence electrons. The van der Waals surface area contributed by atoms with E-state index in [0.29, 0.717) is 0 Å². The molecule has 2 N–H and O–H groups in total. The molecule has 25 heavy (non-hydrogen) atoms. The Balaban J connectivity index is 1.51. The van der Waals surface area contributed by atoms with Gasteiger partial charge in [0.25, 0.3) is 0 Å². The zero-order chi connectivity index (χ0) is 17.9. The summed E-state index contributed by atoms with van der Waals surface area (Å²) in [5, 5.41) is 6.61. The van der Waals surface area contributed by atoms with Crippen molar-refractivity contribution in [3.63, 3.8) is 0 Å². The Kier molecular flexibility index (Phi) is 8.69. The van der Waals surface area contributed by atoms with Crippen molar-refractivity contribution in [1.82, 2.24) is 15.5 Å². The van der Waals surface area contributed by atoms with Gasteiger partial charge in [-0.05, 0) is 49.9 Å². The highest BCUT2D eigenvalue weighted by Gasteiger charge is 2.20. The van der Waals surface area contributed by atoms with E-state index in [1.807, 2.05) is 12.1 Å². The highest BCUT2D eigenvalue weighted by Crippen LogP contribution is 2.28. The lowest BCUT2D eigenvalue weighted by atomic mass is 10.2. The molecule has 0 saturated heterocycles. The summed E-state index contributed by atoms with van der Waals surface area (Å²) in [6.45, 7) is 5.06. The number of aliphatic imine (C=N–C) groups is 1. The topological polar surface area (TPSA) is 48.9 Å². The molecule has 0 bridgehead atoms. The van der Waals surface area contributed by atoms with E-state index in [1.54, 1.807) is 7.05 Å². The van der Waals surface area contributed by atoms with E-state index in [4.69, 9.17) is 4.74 Å². The Morgan fingerprint density at radius 3 is 2.64 bits per heavy atom. The lowest BCUT2D eigenvalue weighted by Crippen LogP contribution is -2.41. The molecule has 0 atom stereocenters. The largest absolute Gasteiger partial charge is 0.381 e. The van der Waals surface area contributed by atoms with Crippen LogP contribution in [0.2, 0.25) is 0 Å². The van der Waals surface area contributed by atoms with Gasteiger partial charge in [0.05, 0.1) is 0 Å². The van der Waals surface area contributed by atoms with Gasteiger partial charge in [-0.1, -0.05) is 12.1 Å². The van der Waals surface area contributed by atoms with Gasteiger partial charge in [-0.2, -0.15) is 0 Å². The molecule has 0 heterocycles. The molecule has 0 spiro atoms. The van der Waals surface area contributed by atoms with Crippen LogP contribution in [0.5, 0.6) is 0 Å². The SMILES string of the molecule is CN=C(NCCCOCC1CC1)NCCN(C)Cc1ccc(F)cc1. The van der Waals surface area contributed by atoms with Crippen LogP contribution in [0.25, 0.3) is 0 Å². The van der Waals surface area contributed by atoms with Crippen molar-refractivity contribution in [2.24, 2.45) is 10.9 Å². The first-order valence-corrected chi connectivity index (χ1v) is 9.12. The predicted octanol–water partition coefficient (Wildman–Crippen LogP) is 2.24. The average Bonchev–Trinajstić information content (AvgIpc) is 3.42. The van der Waals surface area contributed by atoms with Crippen LogP contribution in [0.15, 0.2) is 29.3 Å². The molecule has 1 aliphatic rings. The summed E-state index contributed by atoms with van der Waals surface area (Å²) in [6.07, 6.45) is 3.66. The third-order valence-corrected chi connectivity index (χ3v) is 4.18. The summed E-state index contributed by atoms with van der Waals surface area (Å²) in [6, 6.07) is 6.65. The minimum atomic E-state index is -0.194. The number of ether oxygens (including phenoxy) is 1. The number of guanidine groups is 1. The molecule has 2 rings (SSSR count). The van der Waals surface area contributed by atoms with E-state index >= 15 is 0 Å². The number of nitrogens with zero attached hydrogens (tertiary/aromatic N) is 2. The molecule has 0 unspecified atom stereocenters. The molecule has 0 aromatic heterocycles. The second-order valence-electron chi connectivity index (χ2n) is 6.66. The van der Waals surface area contributed by atoms with Gasteiger partial charge in [-0.25, -0.2) is 4.39 Å². The average molecular weight is 350 g/mol. The van der Waals surface area contributed by atoms with E-state index in [-0.39, 0.29) is 5.82 Å². The smallest absolute Gasteiger partial charge is 0.191 e. The van der Waals surface area contributed by atoms with Gasteiger partial charge >= 0.3 is 0 Å². The molecule has 0 radical (unpaired) electrons. The maximum Gasteiger partial charge on any atom is 0.191 e. The minimum Gasteiger partial charge on any atom is -0.381 e. The maximum atomic E-state index is 12.9. The first-order valence-electron chi connectivity index (χ1n) is 9.12. The molecular formula is C19H31FN4O. The molecule has 1 aliphatic carbocycles. The number of hydrogen-bond donors (Lipinski definition) is 2. The summed E-state index contributed by atoms with van der Waals surface area (Å²) in [5.41, 5.74) is 1.11. The summed E-state index contributed by atoms with van der Waals surface area (Å²) in [5.74, 6) is 1.45. The molecule has 1 fully saturated rings. The van der Waals surface area contributed by atoms with Gasteiger partial charge in [0.15, 0.2) is 5.96 Å². The second kappa shape index (κ2) is 11.1. The maximum absolute atomic E-state index is 12.9. The van der Waals surface area contributed by atoms with E-state index in [0.717, 1.165) is 63.3 Å². The van der Waals surface area contributed by atoms with Crippen LogP contribution in [-0.4, -0.2) is 57.8 Å². The highest BCUT2D eigenvalue weighted by atomic mass is 19.1. The summed E-state index contributed by atoms with van der Waals surface area (Å²) in [7, 11) is 3.83. The molecule has 0 aliphatic heterocycles. The van der Waals surface area contributed by atoms with Gasteiger partial charge in [0.2, 0.25) is 0 Å². The molecule has 1 aromatic rings. The Bertz CT molecular complexity index is 517. The normalized spacial score (nSPS) is 14.8. The van der Waals surface area contributed by atoms with E-state index < -0.39 is 0 Å². The fraction of sp³-hybridized carbons (Fsp3) is 0.632. The van der Waals surface area contributed by atoms with Crippen molar-refractivity contribution in [2.75, 3.05) is 46.9 Å². The molecule has 1 saturated carbocycles. The van der Waals surface area contributed by atoms with Crippen molar-refractivity contribution in [3.8, 4) is 0 Å². The van der Waals surface area contributed by atoms with Gasteiger partial charge in [0, 0.05) is 46.4 Å². The van der Waals surface area contributed by atoms with Crippen LogP contribution < -0.4 is 10.6 Å². The van der Waals surface area contributed by atoms with Crippen molar-refractivity contribution in [3.05, 3.63) is 35.6 Å². The van der Waals surface area contributed by atoms with Gasteiger partial charge in [0.1, 0.15) is 5.82 Å². The fourth-order valence-electron chi connectivity index (χ4n) is 2.48. The lowest BCUT2D eigenvalue weighted by molar-refractivity contribution is 0.123.